The van der Waals surface area contributed by atoms with Gasteiger partial charge in [0.25, 0.3) is 11.5 Å². The van der Waals surface area contributed by atoms with Crippen LogP contribution in [0.2, 0.25) is 0 Å². The number of hydrogen-bond donors (Lipinski definition) is 2. The molecule has 8 nitrogen and oxygen atoms in total. The zero-order valence-corrected chi connectivity index (χ0v) is 24.1. The minimum atomic E-state index is -0.199. The third-order valence-corrected chi connectivity index (χ3v) is 7.46. The van der Waals surface area contributed by atoms with Crippen LogP contribution in [0.5, 0.6) is 0 Å². The van der Waals surface area contributed by atoms with Gasteiger partial charge in [0.05, 0.1) is 5.69 Å². The molecule has 0 saturated carbocycles. The van der Waals surface area contributed by atoms with Crippen molar-refractivity contribution in [1.82, 2.24) is 20.2 Å². The molecule has 1 amide bonds. The fraction of sp³-hybridized carbons (Fsp3) is 0.452. The Labute approximate surface area is 231 Å². The highest BCUT2D eigenvalue weighted by Crippen LogP contribution is 2.33. The van der Waals surface area contributed by atoms with E-state index in [-0.39, 0.29) is 18.0 Å². The number of anilines is 1. The molecule has 1 fully saturated rings. The van der Waals surface area contributed by atoms with Crippen LogP contribution in [0.15, 0.2) is 41.3 Å². The Hall–Kier alpha value is -3.49. The van der Waals surface area contributed by atoms with Crippen molar-refractivity contribution >= 4 is 11.6 Å². The number of rotatable bonds is 9. The van der Waals surface area contributed by atoms with E-state index in [1.165, 1.54) is 0 Å². The molecule has 3 aromatic rings. The minimum absolute atomic E-state index is 0.164. The van der Waals surface area contributed by atoms with Crippen molar-refractivity contribution in [2.45, 2.75) is 59.7 Å². The SMILES string of the molecule is CCN(c1cc(-c2ccc(CN(C)C)nc2)cc(C(=O)NCc2c(C)cc(C)[nH]c2=O)c1C)C1CCOCC1. The van der Waals surface area contributed by atoms with Gasteiger partial charge in [-0.3, -0.25) is 14.6 Å². The summed E-state index contributed by atoms with van der Waals surface area (Å²) < 4.78 is 5.62. The molecule has 1 aromatic carbocycles. The van der Waals surface area contributed by atoms with Crippen molar-refractivity contribution in [3.63, 3.8) is 0 Å². The number of nitrogens with zero attached hydrogens (tertiary/aromatic N) is 3. The molecule has 0 aliphatic carbocycles. The Morgan fingerprint density at radius 3 is 2.46 bits per heavy atom. The lowest BCUT2D eigenvalue weighted by Gasteiger charge is -2.37. The van der Waals surface area contributed by atoms with Gasteiger partial charge in [0, 0.05) is 73.2 Å². The first-order valence-electron chi connectivity index (χ1n) is 13.7. The molecule has 39 heavy (non-hydrogen) atoms. The molecular formula is C31H41N5O3. The van der Waals surface area contributed by atoms with Gasteiger partial charge in [-0.15, -0.1) is 0 Å². The third-order valence-electron chi connectivity index (χ3n) is 7.46. The lowest BCUT2D eigenvalue weighted by molar-refractivity contribution is 0.0846. The molecule has 0 radical (unpaired) electrons. The number of hydrogen-bond acceptors (Lipinski definition) is 6. The van der Waals surface area contributed by atoms with Gasteiger partial charge in [-0.05, 0) is 95.6 Å². The average molecular weight is 532 g/mol. The summed E-state index contributed by atoms with van der Waals surface area (Å²) in [5, 5.41) is 3.01. The zero-order valence-electron chi connectivity index (χ0n) is 24.1. The van der Waals surface area contributed by atoms with E-state index in [0.29, 0.717) is 17.2 Å². The molecule has 208 valence electrons. The van der Waals surface area contributed by atoms with Crippen LogP contribution in [0.25, 0.3) is 11.1 Å². The number of amides is 1. The maximum absolute atomic E-state index is 13.6. The van der Waals surface area contributed by atoms with Gasteiger partial charge in [-0.25, -0.2) is 0 Å². The van der Waals surface area contributed by atoms with Gasteiger partial charge in [-0.2, -0.15) is 0 Å². The molecule has 2 N–H and O–H groups in total. The van der Waals surface area contributed by atoms with Crippen molar-refractivity contribution in [2.75, 3.05) is 38.8 Å². The van der Waals surface area contributed by atoms with Crippen LogP contribution in [0, 0.1) is 20.8 Å². The number of H-pyrrole nitrogens is 1. The van der Waals surface area contributed by atoms with Crippen LogP contribution in [-0.2, 0) is 17.8 Å². The van der Waals surface area contributed by atoms with E-state index in [4.69, 9.17) is 4.74 Å². The molecule has 1 aliphatic rings. The summed E-state index contributed by atoms with van der Waals surface area (Å²) in [6.45, 7) is 11.2. The fourth-order valence-electron chi connectivity index (χ4n) is 5.40. The standard InChI is InChI=1S/C31H41N5O3/c1-7-36(26-10-12-39-13-11-26)29-16-24(23-8-9-25(32-17-23)19-35(5)6)15-27(22(29)4)30(37)33-18-28-20(2)14-21(3)34-31(28)38/h8-9,14-17,26H,7,10-13,18-19H2,1-6H3,(H,33,37)(H,34,38). The third kappa shape index (κ3) is 6.75. The number of aromatic amines is 1. The number of nitrogens with one attached hydrogen (secondary N) is 2. The molecule has 1 saturated heterocycles. The first kappa shape index (κ1) is 28.5. The fourth-order valence-corrected chi connectivity index (χ4v) is 5.40. The Bertz CT molecular complexity index is 1360. The Morgan fingerprint density at radius 2 is 1.85 bits per heavy atom. The first-order chi connectivity index (χ1) is 18.7. The predicted octanol–water partition coefficient (Wildman–Crippen LogP) is 4.36. The van der Waals surface area contributed by atoms with Gasteiger partial charge in [0.1, 0.15) is 0 Å². The monoisotopic (exact) mass is 531 g/mol. The summed E-state index contributed by atoms with van der Waals surface area (Å²) in [4.78, 5) is 38.2. The van der Waals surface area contributed by atoms with Crippen molar-refractivity contribution in [1.29, 1.82) is 0 Å². The summed E-state index contributed by atoms with van der Waals surface area (Å²) in [5.41, 5.74) is 7.55. The van der Waals surface area contributed by atoms with Crippen molar-refractivity contribution in [2.24, 2.45) is 0 Å². The molecule has 2 aromatic heterocycles. The number of aromatic nitrogens is 2. The van der Waals surface area contributed by atoms with E-state index >= 15 is 0 Å². The maximum atomic E-state index is 13.6. The smallest absolute Gasteiger partial charge is 0.253 e. The number of benzene rings is 1. The van der Waals surface area contributed by atoms with Crippen LogP contribution in [0.4, 0.5) is 5.69 Å². The Kier molecular flexibility index (Phi) is 9.20. The topological polar surface area (TPSA) is 90.6 Å². The highest BCUT2D eigenvalue weighted by molar-refractivity contribution is 5.99. The van der Waals surface area contributed by atoms with Crippen molar-refractivity contribution < 1.29 is 9.53 Å². The van der Waals surface area contributed by atoms with Gasteiger partial charge in [0.15, 0.2) is 0 Å². The van der Waals surface area contributed by atoms with Crippen molar-refractivity contribution in [3.8, 4) is 11.1 Å². The molecule has 0 unspecified atom stereocenters. The second kappa shape index (κ2) is 12.6. The van der Waals surface area contributed by atoms with Crippen molar-refractivity contribution in [3.05, 3.63) is 80.5 Å². The molecule has 0 atom stereocenters. The van der Waals surface area contributed by atoms with Gasteiger partial charge < -0.3 is 24.8 Å². The van der Waals surface area contributed by atoms with Crippen LogP contribution < -0.4 is 15.8 Å². The van der Waals surface area contributed by atoms with Crippen LogP contribution in [0.3, 0.4) is 0 Å². The van der Waals surface area contributed by atoms with Crippen LogP contribution >= 0.6 is 0 Å². The molecule has 0 bridgehead atoms. The largest absolute Gasteiger partial charge is 0.381 e. The zero-order chi connectivity index (χ0) is 28.1. The summed E-state index contributed by atoms with van der Waals surface area (Å²) in [5.74, 6) is -0.199. The first-order valence-corrected chi connectivity index (χ1v) is 13.7. The second-order valence-corrected chi connectivity index (χ2v) is 10.7. The highest BCUT2D eigenvalue weighted by Gasteiger charge is 2.25. The van der Waals surface area contributed by atoms with E-state index < -0.39 is 0 Å². The van der Waals surface area contributed by atoms with E-state index in [9.17, 15) is 9.59 Å². The minimum Gasteiger partial charge on any atom is -0.381 e. The Morgan fingerprint density at radius 1 is 1.10 bits per heavy atom. The van der Waals surface area contributed by atoms with Gasteiger partial charge in [0.2, 0.25) is 0 Å². The van der Waals surface area contributed by atoms with Crippen LogP contribution in [-0.4, -0.2) is 60.7 Å². The normalized spacial score (nSPS) is 14.0. The molecule has 0 spiro atoms. The molecule has 4 rings (SSSR count). The lowest BCUT2D eigenvalue weighted by atomic mass is 9.95. The van der Waals surface area contributed by atoms with Gasteiger partial charge in [-0.1, -0.05) is 6.07 Å². The van der Waals surface area contributed by atoms with Gasteiger partial charge >= 0.3 is 0 Å². The number of carbonyl (C=O) groups is 1. The average Bonchev–Trinajstić information content (AvgIpc) is 2.90. The summed E-state index contributed by atoms with van der Waals surface area (Å²) in [7, 11) is 4.04. The molecule has 3 heterocycles. The highest BCUT2D eigenvalue weighted by atomic mass is 16.5. The molecule has 8 heteroatoms. The Balaban J connectivity index is 1.72. The quantitative estimate of drug-likeness (QED) is 0.427. The van der Waals surface area contributed by atoms with E-state index in [0.717, 1.165) is 78.5 Å². The maximum Gasteiger partial charge on any atom is 0.253 e. The summed E-state index contributed by atoms with van der Waals surface area (Å²) in [6, 6.07) is 10.5. The molecule has 1 aliphatic heterocycles. The number of aryl methyl sites for hydroxylation is 2. The summed E-state index contributed by atoms with van der Waals surface area (Å²) >= 11 is 0. The number of carbonyl (C=O) groups excluding carboxylic acids is 1. The van der Waals surface area contributed by atoms with E-state index in [1.807, 2.05) is 59.3 Å². The lowest BCUT2D eigenvalue weighted by Crippen LogP contribution is -2.40. The van der Waals surface area contributed by atoms with E-state index in [1.54, 1.807) is 0 Å². The summed E-state index contributed by atoms with van der Waals surface area (Å²) in [6.07, 6.45) is 3.79. The van der Waals surface area contributed by atoms with E-state index in [2.05, 4.69) is 44.1 Å². The number of ether oxygens (including phenoxy) is 1. The number of pyridine rings is 2. The van der Waals surface area contributed by atoms with Crippen LogP contribution in [0.1, 0.15) is 58.2 Å². The second-order valence-electron chi connectivity index (χ2n) is 10.7. The molecular weight excluding hydrogens is 490 g/mol. The predicted molar refractivity (Wildman–Crippen MR) is 156 cm³/mol.